The molecule has 1 amide bonds. The van der Waals surface area contributed by atoms with E-state index in [9.17, 15) is 9.59 Å². The highest BCUT2D eigenvalue weighted by atomic mass is 16.5. The molecule has 2 atom stereocenters. The topological polar surface area (TPSA) is 64.4 Å². The van der Waals surface area contributed by atoms with Crippen molar-refractivity contribution >= 4 is 11.8 Å². The maximum atomic E-state index is 12.5. The van der Waals surface area contributed by atoms with Gasteiger partial charge in [0.1, 0.15) is 18.2 Å². The number of likely N-dealkylation sites (tertiary alicyclic amines) is 1. The molecule has 3 heterocycles. The van der Waals surface area contributed by atoms with Crippen molar-refractivity contribution in [2.75, 3.05) is 13.1 Å². The second kappa shape index (κ2) is 6.35. The molecule has 2 aliphatic rings. The summed E-state index contributed by atoms with van der Waals surface area (Å²) < 4.78 is 7.63. The standard InChI is InChI=1S/C19H21N3O3/c1-13-4-5-17-15(9-13)16(23)10-18(25-17)14-3-2-7-21(11-14)19(24)22-8-6-20-12-22/h4-6,8-9,12,14,18H,2-3,7,10-11H2,1H3. The van der Waals surface area contributed by atoms with E-state index in [0.717, 1.165) is 24.9 Å². The van der Waals surface area contributed by atoms with Crippen LogP contribution in [0.25, 0.3) is 0 Å². The van der Waals surface area contributed by atoms with Crippen LogP contribution in [0.15, 0.2) is 36.9 Å². The Morgan fingerprint density at radius 3 is 3.04 bits per heavy atom. The summed E-state index contributed by atoms with van der Waals surface area (Å²) in [7, 11) is 0. The molecular formula is C19H21N3O3. The lowest BCUT2D eigenvalue weighted by Crippen LogP contribution is -2.47. The number of aryl methyl sites for hydroxylation is 1. The molecule has 6 nitrogen and oxygen atoms in total. The molecule has 1 aromatic carbocycles. The second-order valence-electron chi connectivity index (χ2n) is 6.88. The highest BCUT2D eigenvalue weighted by Crippen LogP contribution is 2.33. The third-order valence-electron chi connectivity index (χ3n) is 5.08. The summed E-state index contributed by atoms with van der Waals surface area (Å²) in [6.45, 7) is 3.31. The molecule has 0 bridgehead atoms. The quantitative estimate of drug-likeness (QED) is 0.801. The third-order valence-corrected chi connectivity index (χ3v) is 5.08. The molecule has 1 fully saturated rings. The van der Waals surface area contributed by atoms with Gasteiger partial charge in [0.2, 0.25) is 0 Å². The van der Waals surface area contributed by atoms with Crippen molar-refractivity contribution in [1.29, 1.82) is 0 Å². The third kappa shape index (κ3) is 3.04. The predicted octanol–water partition coefficient (Wildman–Crippen LogP) is 2.91. The molecule has 6 heteroatoms. The zero-order chi connectivity index (χ0) is 17.4. The molecule has 0 aliphatic carbocycles. The highest BCUT2D eigenvalue weighted by Gasteiger charge is 2.36. The van der Waals surface area contributed by atoms with Gasteiger partial charge in [-0.25, -0.2) is 9.78 Å². The van der Waals surface area contributed by atoms with Gasteiger partial charge in [-0.15, -0.1) is 0 Å². The van der Waals surface area contributed by atoms with Gasteiger partial charge in [-0.2, -0.15) is 0 Å². The predicted molar refractivity (Wildman–Crippen MR) is 91.9 cm³/mol. The van der Waals surface area contributed by atoms with Crippen molar-refractivity contribution in [3.05, 3.63) is 48.0 Å². The largest absolute Gasteiger partial charge is 0.489 e. The molecule has 2 unspecified atom stereocenters. The summed E-state index contributed by atoms with van der Waals surface area (Å²) in [5.41, 5.74) is 1.74. The molecule has 0 radical (unpaired) electrons. The molecule has 0 spiro atoms. The van der Waals surface area contributed by atoms with Gasteiger partial charge in [-0.1, -0.05) is 11.6 Å². The minimum atomic E-state index is -0.166. The summed E-state index contributed by atoms with van der Waals surface area (Å²) in [4.78, 5) is 30.8. The van der Waals surface area contributed by atoms with Crippen LogP contribution < -0.4 is 4.74 Å². The number of ether oxygens (including phenoxy) is 1. The van der Waals surface area contributed by atoms with Crippen LogP contribution in [0.4, 0.5) is 4.79 Å². The number of hydrogen-bond acceptors (Lipinski definition) is 4. The number of benzene rings is 1. The molecular weight excluding hydrogens is 318 g/mol. The van der Waals surface area contributed by atoms with Crippen molar-refractivity contribution in [3.63, 3.8) is 0 Å². The molecule has 4 rings (SSSR count). The first-order valence-corrected chi connectivity index (χ1v) is 8.69. The van der Waals surface area contributed by atoms with Crippen LogP contribution in [0.3, 0.4) is 0 Å². The van der Waals surface area contributed by atoms with Gasteiger partial charge >= 0.3 is 6.03 Å². The monoisotopic (exact) mass is 339 g/mol. The number of imidazole rings is 1. The van der Waals surface area contributed by atoms with E-state index >= 15 is 0 Å². The van der Waals surface area contributed by atoms with Gasteiger partial charge in [0.25, 0.3) is 0 Å². The van der Waals surface area contributed by atoms with Gasteiger partial charge in [-0.3, -0.25) is 9.36 Å². The van der Waals surface area contributed by atoms with Gasteiger partial charge in [0.15, 0.2) is 5.78 Å². The number of amides is 1. The maximum Gasteiger partial charge on any atom is 0.329 e. The lowest BCUT2D eigenvalue weighted by Gasteiger charge is -2.38. The summed E-state index contributed by atoms with van der Waals surface area (Å²) in [6, 6.07) is 5.67. The fourth-order valence-corrected chi connectivity index (χ4v) is 3.75. The van der Waals surface area contributed by atoms with Crippen molar-refractivity contribution < 1.29 is 14.3 Å². The molecule has 2 aliphatic heterocycles. The lowest BCUT2D eigenvalue weighted by molar-refractivity contribution is 0.0550. The Hall–Kier alpha value is -2.63. The zero-order valence-corrected chi connectivity index (χ0v) is 14.2. The average molecular weight is 339 g/mol. The molecule has 0 N–H and O–H groups in total. The number of carbonyl (C=O) groups excluding carboxylic acids is 2. The van der Waals surface area contributed by atoms with Gasteiger partial charge in [0, 0.05) is 37.8 Å². The fourth-order valence-electron chi connectivity index (χ4n) is 3.75. The molecule has 1 saturated heterocycles. The molecule has 2 aromatic rings. The van der Waals surface area contributed by atoms with Crippen LogP contribution in [0.1, 0.15) is 35.2 Å². The first-order chi connectivity index (χ1) is 12.1. The Morgan fingerprint density at radius 2 is 2.24 bits per heavy atom. The number of aromatic nitrogens is 2. The van der Waals surface area contributed by atoms with Gasteiger partial charge < -0.3 is 9.64 Å². The van der Waals surface area contributed by atoms with Gasteiger partial charge in [-0.05, 0) is 31.9 Å². The molecule has 25 heavy (non-hydrogen) atoms. The highest BCUT2D eigenvalue weighted by molar-refractivity contribution is 6.00. The van der Waals surface area contributed by atoms with E-state index in [2.05, 4.69) is 4.98 Å². The van der Waals surface area contributed by atoms with Crippen LogP contribution >= 0.6 is 0 Å². The van der Waals surface area contributed by atoms with E-state index in [1.807, 2.05) is 30.0 Å². The van der Waals surface area contributed by atoms with Crippen LogP contribution in [0.5, 0.6) is 5.75 Å². The van der Waals surface area contributed by atoms with E-state index in [1.54, 1.807) is 12.4 Å². The Bertz CT molecular complexity index is 800. The number of carbonyl (C=O) groups is 2. The van der Waals surface area contributed by atoms with Crippen molar-refractivity contribution in [3.8, 4) is 5.75 Å². The van der Waals surface area contributed by atoms with Crippen molar-refractivity contribution in [1.82, 2.24) is 14.5 Å². The fraction of sp³-hybridized carbons (Fsp3) is 0.421. The number of Topliss-reactive ketones (excluding diaryl/α,β-unsaturated/α-hetero) is 1. The maximum absolute atomic E-state index is 12.5. The zero-order valence-electron chi connectivity index (χ0n) is 14.2. The van der Waals surface area contributed by atoms with Crippen LogP contribution in [-0.2, 0) is 0 Å². The van der Waals surface area contributed by atoms with Crippen molar-refractivity contribution in [2.24, 2.45) is 5.92 Å². The summed E-state index contributed by atoms with van der Waals surface area (Å²) >= 11 is 0. The molecule has 1 aromatic heterocycles. The summed E-state index contributed by atoms with van der Waals surface area (Å²) in [5.74, 6) is 0.970. The van der Waals surface area contributed by atoms with Crippen molar-refractivity contribution in [2.45, 2.75) is 32.3 Å². The SMILES string of the molecule is Cc1ccc2c(c1)C(=O)CC(C1CCCN(C(=O)n3ccnc3)C1)O2. The number of piperidine rings is 1. The number of fused-ring (bicyclic) bond motifs is 1. The Morgan fingerprint density at radius 1 is 1.36 bits per heavy atom. The Balaban J connectivity index is 1.49. The van der Waals surface area contributed by atoms with Crippen LogP contribution in [-0.4, -0.2) is 45.5 Å². The lowest BCUT2D eigenvalue weighted by atomic mass is 9.86. The average Bonchev–Trinajstić information content (AvgIpc) is 3.16. The smallest absolute Gasteiger partial charge is 0.329 e. The van der Waals surface area contributed by atoms with Crippen LogP contribution in [0.2, 0.25) is 0 Å². The number of hydrogen-bond donors (Lipinski definition) is 0. The van der Waals surface area contributed by atoms with E-state index in [0.29, 0.717) is 24.3 Å². The van der Waals surface area contributed by atoms with E-state index in [1.165, 1.54) is 10.9 Å². The first-order valence-electron chi connectivity index (χ1n) is 8.69. The van der Waals surface area contributed by atoms with E-state index < -0.39 is 0 Å². The van der Waals surface area contributed by atoms with E-state index in [4.69, 9.17) is 4.74 Å². The summed E-state index contributed by atoms with van der Waals surface area (Å²) in [5, 5.41) is 0. The molecule has 130 valence electrons. The first kappa shape index (κ1) is 15.9. The van der Waals surface area contributed by atoms with E-state index in [-0.39, 0.29) is 23.8 Å². The van der Waals surface area contributed by atoms with Crippen LogP contribution in [0, 0.1) is 12.8 Å². The minimum Gasteiger partial charge on any atom is -0.489 e. The summed E-state index contributed by atoms with van der Waals surface area (Å²) in [6.07, 6.45) is 6.87. The number of ketones is 1. The normalized spacial score (nSPS) is 23.1. The second-order valence-corrected chi connectivity index (χ2v) is 6.88. The number of nitrogens with zero attached hydrogens (tertiary/aromatic N) is 3. The molecule has 0 saturated carbocycles. The Kier molecular flexibility index (Phi) is 4.03. The Labute approximate surface area is 146 Å². The minimum absolute atomic E-state index is 0.0691. The number of rotatable bonds is 1. The van der Waals surface area contributed by atoms with Gasteiger partial charge in [0.05, 0.1) is 5.56 Å².